The molecule has 0 aromatic rings. The number of rotatable bonds is 3. The Labute approximate surface area is 63.9 Å². The summed E-state index contributed by atoms with van der Waals surface area (Å²) in [6, 6.07) is 0. The predicted molar refractivity (Wildman–Crippen MR) is 42.1 cm³/mol. The molecule has 1 N–H and O–H groups in total. The molecule has 0 aromatic heterocycles. The van der Waals surface area contributed by atoms with Crippen molar-refractivity contribution in [2.75, 3.05) is 0 Å². The van der Waals surface area contributed by atoms with Crippen molar-refractivity contribution >= 4 is 8.69 Å². The Kier molecular flexibility index (Phi) is 7.21. The second-order valence-electron chi connectivity index (χ2n) is 2.67. The van der Waals surface area contributed by atoms with Crippen LogP contribution in [0, 0.1) is 5.92 Å². The standard InChI is InChI=1S/C7H14.HO2P/c1-2-3-4-7-5-6-7;1-3-2/h7H,2-6H2,1H3;(H,1,2). The lowest BCUT2D eigenvalue weighted by molar-refractivity contribution is 0.524. The van der Waals surface area contributed by atoms with Crippen LogP contribution in [0.5, 0.6) is 0 Å². The molecule has 1 saturated carbocycles. The zero-order valence-electron chi connectivity index (χ0n) is 6.42. The van der Waals surface area contributed by atoms with E-state index >= 15 is 0 Å². The van der Waals surface area contributed by atoms with E-state index in [1.165, 1.54) is 32.1 Å². The molecule has 0 unspecified atom stereocenters. The maximum atomic E-state index is 8.46. The van der Waals surface area contributed by atoms with Gasteiger partial charge in [-0.25, -0.2) is 4.57 Å². The van der Waals surface area contributed by atoms with E-state index in [-0.39, 0.29) is 0 Å². The van der Waals surface area contributed by atoms with Gasteiger partial charge in [-0.15, -0.1) is 0 Å². The summed E-state index contributed by atoms with van der Waals surface area (Å²) in [7, 11) is -0.833. The van der Waals surface area contributed by atoms with Gasteiger partial charge in [0.05, 0.1) is 0 Å². The van der Waals surface area contributed by atoms with Gasteiger partial charge in [0.15, 0.2) is 0 Å². The normalized spacial score (nSPS) is 16.2. The van der Waals surface area contributed by atoms with E-state index in [1.807, 2.05) is 0 Å². The van der Waals surface area contributed by atoms with Crippen molar-refractivity contribution in [1.82, 2.24) is 0 Å². The molecule has 10 heavy (non-hydrogen) atoms. The highest BCUT2D eigenvalue weighted by Gasteiger charge is 2.19. The van der Waals surface area contributed by atoms with Gasteiger partial charge in [-0.3, -0.25) is 0 Å². The second-order valence-corrected chi connectivity index (χ2v) is 2.83. The Bertz CT molecular complexity index is 81.7. The molecule has 1 rings (SSSR count). The van der Waals surface area contributed by atoms with Crippen molar-refractivity contribution in [3.8, 4) is 0 Å². The Morgan fingerprint density at radius 1 is 1.60 bits per heavy atom. The summed E-state index contributed by atoms with van der Waals surface area (Å²) in [5.41, 5.74) is 0. The highest BCUT2D eigenvalue weighted by Crippen LogP contribution is 2.33. The Hall–Kier alpha value is 0.0600. The van der Waals surface area contributed by atoms with Gasteiger partial charge in [-0.1, -0.05) is 39.0 Å². The average molecular weight is 162 g/mol. The zero-order chi connectivity index (χ0) is 7.82. The molecule has 0 spiro atoms. The van der Waals surface area contributed by atoms with Gasteiger partial charge in [0.25, 0.3) is 0 Å². The fourth-order valence-electron chi connectivity index (χ4n) is 0.899. The first-order valence-corrected chi connectivity index (χ1v) is 4.58. The van der Waals surface area contributed by atoms with Gasteiger partial charge in [0.2, 0.25) is 0 Å². The first kappa shape index (κ1) is 10.1. The van der Waals surface area contributed by atoms with Crippen molar-refractivity contribution < 1.29 is 9.46 Å². The van der Waals surface area contributed by atoms with Crippen LogP contribution in [-0.2, 0) is 4.57 Å². The third kappa shape index (κ3) is 8.06. The molecule has 60 valence electrons. The SMILES string of the molecule is CCCCC1CC1.O=PO. The minimum atomic E-state index is -0.833. The highest BCUT2D eigenvalue weighted by molar-refractivity contribution is 7.16. The summed E-state index contributed by atoms with van der Waals surface area (Å²) in [6.07, 6.45) is 7.41. The van der Waals surface area contributed by atoms with Crippen LogP contribution in [0.15, 0.2) is 0 Å². The van der Waals surface area contributed by atoms with Crippen LogP contribution >= 0.6 is 8.69 Å². The largest absolute Gasteiger partial charge is 0.324 e. The Morgan fingerprint density at radius 2 is 2.10 bits per heavy atom. The van der Waals surface area contributed by atoms with Crippen LogP contribution in [-0.4, -0.2) is 4.89 Å². The van der Waals surface area contributed by atoms with E-state index in [0.717, 1.165) is 5.92 Å². The Morgan fingerprint density at radius 3 is 2.40 bits per heavy atom. The topological polar surface area (TPSA) is 37.3 Å². The third-order valence-corrected chi connectivity index (χ3v) is 1.66. The summed E-state index contributed by atoms with van der Waals surface area (Å²) < 4.78 is 8.46. The van der Waals surface area contributed by atoms with Crippen molar-refractivity contribution in [3.63, 3.8) is 0 Å². The number of hydrogen-bond acceptors (Lipinski definition) is 1. The molecule has 0 bridgehead atoms. The lowest BCUT2D eigenvalue weighted by Gasteiger charge is -1.88. The van der Waals surface area contributed by atoms with E-state index in [4.69, 9.17) is 9.46 Å². The van der Waals surface area contributed by atoms with Crippen LogP contribution in [0.1, 0.15) is 39.0 Å². The van der Waals surface area contributed by atoms with Crippen LogP contribution in [0.3, 0.4) is 0 Å². The molecular formula is C7H15O2P. The summed E-state index contributed by atoms with van der Waals surface area (Å²) in [6.45, 7) is 2.27. The fourth-order valence-corrected chi connectivity index (χ4v) is 0.899. The molecule has 2 nitrogen and oxygen atoms in total. The zero-order valence-corrected chi connectivity index (χ0v) is 7.31. The number of unbranched alkanes of at least 4 members (excludes halogenated alkanes) is 1. The van der Waals surface area contributed by atoms with E-state index < -0.39 is 8.69 Å². The highest BCUT2D eigenvalue weighted by atomic mass is 31.1. The van der Waals surface area contributed by atoms with Gasteiger partial charge in [-0.2, -0.15) is 0 Å². The Balaban J connectivity index is 0.000000236. The maximum absolute atomic E-state index is 8.46. The van der Waals surface area contributed by atoms with Crippen molar-refractivity contribution in [2.24, 2.45) is 5.92 Å². The van der Waals surface area contributed by atoms with Crippen LogP contribution in [0.4, 0.5) is 0 Å². The predicted octanol–water partition coefficient (Wildman–Crippen LogP) is 2.77. The van der Waals surface area contributed by atoms with Crippen molar-refractivity contribution in [1.29, 1.82) is 0 Å². The summed E-state index contributed by atoms with van der Waals surface area (Å²) in [5, 5.41) is 0. The van der Waals surface area contributed by atoms with Crippen molar-refractivity contribution in [2.45, 2.75) is 39.0 Å². The van der Waals surface area contributed by atoms with Crippen LogP contribution in [0.2, 0.25) is 0 Å². The summed E-state index contributed by atoms with van der Waals surface area (Å²) in [4.78, 5) is 6.99. The quantitative estimate of drug-likeness (QED) is 0.648. The molecule has 0 radical (unpaired) electrons. The van der Waals surface area contributed by atoms with Crippen molar-refractivity contribution in [3.05, 3.63) is 0 Å². The molecule has 0 amide bonds. The molecular weight excluding hydrogens is 147 g/mol. The first-order valence-electron chi connectivity index (χ1n) is 3.81. The number of hydrogen-bond donors (Lipinski definition) is 1. The molecule has 1 fully saturated rings. The molecule has 1 aliphatic rings. The van der Waals surface area contributed by atoms with Gasteiger partial charge in [-0.05, 0) is 5.92 Å². The van der Waals surface area contributed by atoms with E-state index in [9.17, 15) is 0 Å². The second kappa shape index (κ2) is 7.17. The van der Waals surface area contributed by atoms with Crippen LogP contribution in [0.25, 0.3) is 0 Å². The van der Waals surface area contributed by atoms with Gasteiger partial charge in [0.1, 0.15) is 0 Å². The summed E-state index contributed by atoms with van der Waals surface area (Å²) in [5.74, 6) is 1.15. The molecule has 0 aromatic carbocycles. The smallest absolute Gasteiger partial charge is 0.310 e. The van der Waals surface area contributed by atoms with Gasteiger partial charge < -0.3 is 4.89 Å². The van der Waals surface area contributed by atoms with Gasteiger partial charge in [0, 0.05) is 0 Å². The molecule has 0 heterocycles. The lowest BCUT2D eigenvalue weighted by atomic mass is 10.2. The van der Waals surface area contributed by atoms with Crippen LogP contribution < -0.4 is 0 Å². The molecule has 0 aliphatic heterocycles. The van der Waals surface area contributed by atoms with E-state index in [1.54, 1.807) is 0 Å². The fraction of sp³-hybridized carbons (Fsp3) is 1.00. The molecule has 0 saturated heterocycles. The first-order chi connectivity index (χ1) is 4.85. The average Bonchev–Trinajstić information content (AvgIpc) is 2.68. The molecule has 1 aliphatic carbocycles. The third-order valence-electron chi connectivity index (χ3n) is 1.66. The monoisotopic (exact) mass is 162 g/mol. The molecule has 0 atom stereocenters. The summed E-state index contributed by atoms with van der Waals surface area (Å²) >= 11 is 0. The van der Waals surface area contributed by atoms with Gasteiger partial charge >= 0.3 is 8.69 Å². The van der Waals surface area contributed by atoms with E-state index in [2.05, 4.69) is 6.92 Å². The van der Waals surface area contributed by atoms with E-state index in [0.29, 0.717) is 0 Å². The molecule has 3 heteroatoms. The lowest BCUT2D eigenvalue weighted by Crippen LogP contribution is -1.72. The minimum Gasteiger partial charge on any atom is -0.310 e. The maximum Gasteiger partial charge on any atom is 0.324 e. The minimum absolute atomic E-state index is 0.833.